The van der Waals surface area contributed by atoms with Crippen LogP contribution in [0.5, 0.6) is 0 Å². The van der Waals surface area contributed by atoms with Crippen molar-refractivity contribution in [3.63, 3.8) is 0 Å². The molecule has 0 spiro atoms. The maximum Gasteiger partial charge on any atom is 0.322 e. The summed E-state index contributed by atoms with van der Waals surface area (Å²) in [5.41, 5.74) is 0. The Morgan fingerprint density at radius 3 is 2.37 bits per heavy atom. The fourth-order valence-electron chi connectivity index (χ4n) is 3.74. The summed E-state index contributed by atoms with van der Waals surface area (Å²) in [6.07, 6.45) is 0.321. The lowest BCUT2D eigenvalue weighted by Gasteiger charge is -2.34. The number of hydrogen-bond donors (Lipinski definition) is 2. The van der Waals surface area contributed by atoms with Crippen molar-refractivity contribution in [2.24, 2.45) is 0 Å². The summed E-state index contributed by atoms with van der Waals surface area (Å²) in [4.78, 5) is 36.9. The molecule has 2 heterocycles. The summed E-state index contributed by atoms with van der Waals surface area (Å²) in [7, 11) is -3.65. The summed E-state index contributed by atoms with van der Waals surface area (Å²) in [5.74, 6) is -0.592. The molecule has 0 aliphatic carbocycles. The second kappa shape index (κ2) is 8.04. The van der Waals surface area contributed by atoms with E-state index in [1.165, 1.54) is 4.31 Å². The third-order valence-electron chi connectivity index (χ3n) is 5.46. The molecule has 0 unspecified atom stereocenters. The lowest BCUT2D eigenvalue weighted by Crippen LogP contribution is -2.50. The number of carbonyl (C=O) groups excluding carboxylic acids is 3. The van der Waals surface area contributed by atoms with Crippen LogP contribution in [0.4, 0.5) is 4.79 Å². The zero-order chi connectivity index (χ0) is 21.3. The first-order chi connectivity index (χ1) is 14.3. The summed E-state index contributed by atoms with van der Waals surface area (Å²) >= 11 is 0. The zero-order valence-electron chi connectivity index (χ0n) is 16.2. The van der Waals surface area contributed by atoms with Gasteiger partial charge in [-0.2, -0.15) is 4.31 Å². The smallest absolute Gasteiger partial charge is 0.322 e. The maximum absolute atomic E-state index is 13.0. The minimum absolute atomic E-state index is 0.107. The molecule has 2 aromatic rings. The Kier molecular flexibility index (Phi) is 5.44. The number of sulfonamides is 1. The fraction of sp³-hybridized carbons (Fsp3) is 0.350. The number of hydrogen-bond acceptors (Lipinski definition) is 5. The molecule has 4 rings (SSSR count). The molecule has 0 radical (unpaired) electrons. The van der Waals surface area contributed by atoms with Gasteiger partial charge in [0.15, 0.2) is 0 Å². The van der Waals surface area contributed by atoms with Crippen molar-refractivity contribution in [3.8, 4) is 0 Å². The summed E-state index contributed by atoms with van der Waals surface area (Å²) in [6.45, 7) is 0.993. The number of nitrogens with one attached hydrogen (secondary N) is 2. The third-order valence-corrected chi connectivity index (χ3v) is 7.35. The number of amides is 4. The van der Waals surface area contributed by atoms with Crippen LogP contribution in [0.3, 0.4) is 0 Å². The number of rotatable bonds is 5. The van der Waals surface area contributed by atoms with Crippen molar-refractivity contribution >= 4 is 38.6 Å². The van der Waals surface area contributed by atoms with Crippen LogP contribution < -0.4 is 10.6 Å². The Labute approximate surface area is 174 Å². The highest BCUT2D eigenvalue weighted by Crippen LogP contribution is 2.23. The van der Waals surface area contributed by atoms with E-state index in [1.807, 2.05) is 24.3 Å². The van der Waals surface area contributed by atoms with E-state index in [4.69, 9.17) is 0 Å². The van der Waals surface area contributed by atoms with E-state index in [9.17, 15) is 22.8 Å². The number of fused-ring (bicyclic) bond motifs is 1. The van der Waals surface area contributed by atoms with Crippen molar-refractivity contribution < 1.29 is 22.8 Å². The molecule has 1 atom stereocenters. The second-order valence-electron chi connectivity index (χ2n) is 7.35. The lowest BCUT2D eigenvalue weighted by atomic mass is 10.1. The molecule has 2 saturated heterocycles. The Bertz CT molecular complexity index is 1110. The third kappa shape index (κ3) is 4.01. The van der Waals surface area contributed by atoms with E-state index in [-0.39, 0.29) is 49.8 Å². The average Bonchev–Trinajstić information content (AvgIpc) is 3.08. The van der Waals surface area contributed by atoms with Crippen LogP contribution in [0, 0.1) is 0 Å². The minimum atomic E-state index is -3.65. The second-order valence-corrected chi connectivity index (χ2v) is 9.29. The Hall–Kier alpha value is -2.98. The van der Waals surface area contributed by atoms with Gasteiger partial charge in [0.1, 0.15) is 6.04 Å². The molecule has 158 valence electrons. The highest BCUT2D eigenvalue weighted by Gasteiger charge is 2.32. The van der Waals surface area contributed by atoms with Gasteiger partial charge < -0.3 is 10.2 Å². The Morgan fingerprint density at radius 2 is 1.70 bits per heavy atom. The van der Waals surface area contributed by atoms with Crippen LogP contribution in [0.2, 0.25) is 0 Å². The number of nitrogens with zero attached hydrogens (tertiary/aromatic N) is 2. The topological polar surface area (TPSA) is 116 Å². The van der Waals surface area contributed by atoms with Crippen molar-refractivity contribution in [2.75, 3.05) is 26.2 Å². The van der Waals surface area contributed by atoms with Crippen LogP contribution in [0.25, 0.3) is 10.8 Å². The predicted octanol–water partition coefficient (Wildman–Crippen LogP) is 0.661. The Balaban J connectivity index is 1.35. The molecule has 2 aliphatic heterocycles. The van der Waals surface area contributed by atoms with Gasteiger partial charge in [0.2, 0.25) is 15.9 Å². The molecular formula is C20H22N4O5S. The zero-order valence-corrected chi connectivity index (χ0v) is 17.0. The largest absolute Gasteiger partial charge is 0.340 e. The summed E-state index contributed by atoms with van der Waals surface area (Å²) < 4.78 is 27.4. The molecular weight excluding hydrogens is 408 g/mol. The molecule has 0 bridgehead atoms. The molecule has 9 nitrogen and oxygen atoms in total. The molecule has 0 aromatic heterocycles. The van der Waals surface area contributed by atoms with E-state index in [1.54, 1.807) is 23.1 Å². The predicted molar refractivity (Wildman–Crippen MR) is 109 cm³/mol. The van der Waals surface area contributed by atoms with Gasteiger partial charge in [0, 0.05) is 32.6 Å². The van der Waals surface area contributed by atoms with Crippen molar-refractivity contribution in [2.45, 2.75) is 23.8 Å². The molecule has 4 amide bonds. The molecule has 2 fully saturated rings. The van der Waals surface area contributed by atoms with Crippen LogP contribution in [-0.4, -0.2) is 67.7 Å². The lowest BCUT2D eigenvalue weighted by molar-refractivity contribution is -0.132. The standard InChI is InChI=1S/C20H22N4O5S/c25-18(8-7-17-19(26)22-20(27)21-17)23-9-11-24(12-10-23)30(28,29)16-6-5-14-3-1-2-4-15(14)13-16/h1-6,13,17H,7-12H2,(H2,21,22,26,27)/t17-/m1/s1. The number of imide groups is 1. The van der Waals surface area contributed by atoms with E-state index < -0.39 is 28.0 Å². The van der Waals surface area contributed by atoms with E-state index in [0.29, 0.717) is 0 Å². The van der Waals surface area contributed by atoms with Gasteiger partial charge in [-0.15, -0.1) is 0 Å². The number of carbonyl (C=O) groups is 3. The first kappa shape index (κ1) is 20.3. The van der Waals surface area contributed by atoms with E-state index in [0.717, 1.165) is 10.8 Å². The van der Waals surface area contributed by atoms with Gasteiger partial charge in [-0.3, -0.25) is 14.9 Å². The van der Waals surface area contributed by atoms with Gasteiger partial charge in [0.05, 0.1) is 4.90 Å². The molecule has 0 saturated carbocycles. The van der Waals surface area contributed by atoms with Gasteiger partial charge in [-0.05, 0) is 29.3 Å². The van der Waals surface area contributed by atoms with Gasteiger partial charge in [0.25, 0.3) is 5.91 Å². The summed E-state index contributed by atoms with van der Waals surface area (Å²) in [6, 6.07) is 11.4. The monoisotopic (exact) mass is 430 g/mol. The quantitative estimate of drug-likeness (QED) is 0.676. The Morgan fingerprint density at radius 1 is 1.00 bits per heavy atom. The number of piperazine rings is 1. The normalized spacial score (nSPS) is 20.3. The van der Waals surface area contributed by atoms with Crippen LogP contribution in [-0.2, 0) is 19.6 Å². The fourth-order valence-corrected chi connectivity index (χ4v) is 5.20. The molecule has 2 aliphatic rings. The molecule has 2 N–H and O–H groups in total. The highest BCUT2D eigenvalue weighted by atomic mass is 32.2. The van der Waals surface area contributed by atoms with Gasteiger partial charge >= 0.3 is 6.03 Å². The first-order valence-corrected chi connectivity index (χ1v) is 11.2. The van der Waals surface area contributed by atoms with Crippen molar-refractivity contribution in [3.05, 3.63) is 42.5 Å². The number of urea groups is 1. The maximum atomic E-state index is 13.0. The SMILES string of the molecule is O=C1NC(=O)[C@@H](CCC(=O)N2CCN(S(=O)(=O)c3ccc4ccccc4c3)CC2)N1. The molecule has 10 heteroatoms. The van der Waals surface area contributed by atoms with Crippen LogP contribution >= 0.6 is 0 Å². The average molecular weight is 430 g/mol. The molecule has 30 heavy (non-hydrogen) atoms. The van der Waals surface area contributed by atoms with Crippen molar-refractivity contribution in [1.29, 1.82) is 0 Å². The van der Waals surface area contributed by atoms with Crippen LogP contribution in [0.15, 0.2) is 47.4 Å². The van der Waals surface area contributed by atoms with Gasteiger partial charge in [-0.25, -0.2) is 13.2 Å². The van der Waals surface area contributed by atoms with Crippen LogP contribution in [0.1, 0.15) is 12.8 Å². The molecule has 2 aromatic carbocycles. The first-order valence-electron chi connectivity index (χ1n) is 9.73. The number of benzene rings is 2. The summed E-state index contributed by atoms with van der Waals surface area (Å²) in [5, 5.41) is 6.42. The highest BCUT2D eigenvalue weighted by molar-refractivity contribution is 7.89. The minimum Gasteiger partial charge on any atom is -0.340 e. The van der Waals surface area contributed by atoms with Crippen molar-refractivity contribution in [1.82, 2.24) is 19.8 Å². The van der Waals surface area contributed by atoms with E-state index in [2.05, 4.69) is 10.6 Å². The van der Waals surface area contributed by atoms with E-state index >= 15 is 0 Å². The van der Waals surface area contributed by atoms with Gasteiger partial charge in [-0.1, -0.05) is 30.3 Å².